The molecule has 0 bridgehead atoms. The molecular weight excluding hydrogens is 518 g/mol. The van der Waals surface area contributed by atoms with E-state index in [-0.39, 0.29) is 12.3 Å². The average molecular weight is 552 g/mol. The lowest BCUT2D eigenvalue weighted by molar-refractivity contribution is -0.156. The first-order valence-corrected chi connectivity index (χ1v) is 13.1. The first kappa shape index (κ1) is 28.1. The number of benzene rings is 1. The van der Waals surface area contributed by atoms with Gasteiger partial charge in [0.2, 0.25) is 11.9 Å². The largest absolute Gasteiger partial charge is 0.384 e. The number of nitrogens with two attached hydrogens (primary N) is 1. The number of carbonyl (C=O) groups excluding carboxylic acids is 3. The minimum atomic E-state index is -1.03. The van der Waals surface area contributed by atoms with Crippen LogP contribution in [0.2, 0.25) is 5.02 Å². The number of anilines is 2. The lowest BCUT2D eigenvalue weighted by atomic mass is 9.81. The number of aromatic nitrogens is 3. The van der Waals surface area contributed by atoms with Gasteiger partial charge in [0.1, 0.15) is 11.9 Å². The van der Waals surface area contributed by atoms with Gasteiger partial charge in [-0.05, 0) is 55.5 Å². The van der Waals surface area contributed by atoms with Crippen LogP contribution in [-0.4, -0.2) is 50.4 Å². The Bertz CT molecular complexity index is 1400. The van der Waals surface area contributed by atoms with E-state index in [0.29, 0.717) is 22.5 Å². The number of nitrogens with zero attached hydrogens (tertiary/aromatic N) is 5. The van der Waals surface area contributed by atoms with Gasteiger partial charge in [0.05, 0.1) is 12.0 Å². The number of imide groups is 1. The molecule has 3 N–H and O–H groups in total. The smallest absolute Gasteiger partial charge is 0.325 e. The van der Waals surface area contributed by atoms with Crippen molar-refractivity contribution in [2.75, 3.05) is 17.7 Å². The van der Waals surface area contributed by atoms with E-state index in [9.17, 15) is 14.4 Å². The number of imidazole rings is 1. The van der Waals surface area contributed by atoms with E-state index in [1.54, 1.807) is 43.2 Å². The predicted molar refractivity (Wildman–Crippen MR) is 150 cm³/mol. The first-order valence-electron chi connectivity index (χ1n) is 12.8. The standard InChI is InChI=1S/C28H34ClN7O3/c1-15(2)23(19-11-16(3)7-8-21(19)29)33-28(39)36-24(26(38)35(6)27-31-9-10-34(27)5)20(25(36)37)13-18-12-17(4)32-22(30)14-18/h7-12,14-15,20,23-24H,13H2,1-6H3,(H2,30,32)(H,33,39)/t20-,23-,24+/m1/s1. The number of aryl methyl sites for hydroxylation is 3. The van der Waals surface area contributed by atoms with Crippen molar-refractivity contribution in [3.05, 3.63) is 70.1 Å². The number of pyridine rings is 1. The van der Waals surface area contributed by atoms with Gasteiger partial charge in [-0.15, -0.1) is 0 Å². The highest BCUT2D eigenvalue weighted by Crippen LogP contribution is 2.35. The Hall–Kier alpha value is -3.92. The minimum Gasteiger partial charge on any atom is -0.384 e. The van der Waals surface area contributed by atoms with Crippen molar-refractivity contribution in [3.8, 4) is 0 Å². The van der Waals surface area contributed by atoms with Crippen LogP contribution in [0.4, 0.5) is 16.6 Å². The van der Waals surface area contributed by atoms with E-state index >= 15 is 0 Å². The molecule has 1 aromatic carbocycles. The van der Waals surface area contributed by atoms with Crippen molar-refractivity contribution < 1.29 is 14.4 Å². The monoisotopic (exact) mass is 551 g/mol. The molecule has 1 fully saturated rings. The molecule has 11 heteroatoms. The third-order valence-corrected chi connectivity index (χ3v) is 7.38. The van der Waals surface area contributed by atoms with Crippen LogP contribution in [0, 0.1) is 25.7 Å². The van der Waals surface area contributed by atoms with Crippen LogP contribution in [0.15, 0.2) is 42.7 Å². The van der Waals surface area contributed by atoms with Crippen LogP contribution < -0.4 is 16.0 Å². The highest BCUT2D eigenvalue weighted by Gasteiger charge is 2.55. The topological polar surface area (TPSA) is 126 Å². The fraction of sp³-hybridized carbons (Fsp3) is 0.393. The molecule has 1 aliphatic rings. The zero-order chi connectivity index (χ0) is 28.6. The molecule has 206 valence electrons. The summed E-state index contributed by atoms with van der Waals surface area (Å²) in [5.41, 5.74) is 9.13. The Kier molecular flexibility index (Phi) is 7.96. The summed E-state index contributed by atoms with van der Waals surface area (Å²) in [5, 5.41) is 3.48. The summed E-state index contributed by atoms with van der Waals surface area (Å²) in [6.07, 6.45) is 3.53. The summed E-state index contributed by atoms with van der Waals surface area (Å²) in [7, 11) is 3.35. The van der Waals surface area contributed by atoms with Crippen molar-refractivity contribution in [3.63, 3.8) is 0 Å². The summed E-state index contributed by atoms with van der Waals surface area (Å²) in [4.78, 5) is 51.7. The Morgan fingerprint density at radius 2 is 1.92 bits per heavy atom. The lowest BCUT2D eigenvalue weighted by Gasteiger charge is -2.46. The second kappa shape index (κ2) is 11.1. The second-order valence-corrected chi connectivity index (χ2v) is 10.8. The number of β-lactam (4-membered cyclic amide) rings is 1. The fourth-order valence-corrected chi connectivity index (χ4v) is 5.32. The van der Waals surface area contributed by atoms with Crippen LogP contribution in [0.25, 0.3) is 0 Å². The second-order valence-electron chi connectivity index (χ2n) is 10.4. The average Bonchev–Trinajstić information content (AvgIpc) is 3.29. The van der Waals surface area contributed by atoms with Crippen LogP contribution >= 0.6 is 11.6 Å². The molecule has 0 saturated carbocycles. The molecule has 0 unspecified atom stereocenters. The van der Waals surface area contributed by atoms with Crippen molar-refractivity contribution in [2.24, 2.45) is 18.9 Å². The minimum absolute atomic E-state index is 0.0346. The van der Waals surface area contributed by atoms with Crippen molar-refractivity contribution in [2.45, 2.75) is 46.2 Å². The summed E-state index contributed by atoms with van der Waals surface area (Å²) in [5.74, 6) is -0.925. The molecule has 4 rings (SSSR count). The quantitative estimate of drug-likeness (QED) is 0.430. The SMILES string of the molecule is Cc1ccc(Cl)c([C@H](NC(=O)N2C(=O)[C@H](Cc3cc(C)nc(N)c3)[C@H]2C(=O)N(C)c2nccn2C)C(C)C)c1. The van der Waals surface area contributed by atoms with Gasteiger partial charge in [0.15, 0.2) is 0 Å². The van der Waals surface area contributed by atoms with Gasteiger partial charge in [0.25, 0.3) is 5.91 Å². The van der Waals surface area contributed by atoms with Gasteiger partial charge in [0, 0.05) is 37.2 Å². The van der Waals surface area contributed by atoms with Crippen molar-refractivity contribution in [1.29, 1.82) is 0 Å². The first-order chi connectivity index (χ1) is 18.4. The maximum Gasteiger partial charge on any atom is 0.325 e. The van der Waals surface area contributed by atoms with Gasteiger partial charge < -0.3 is 15.6 Å². The van der Waals surface area contributed by atoms with Crippen LogP contribution in [0.1, 0.15) is 42.3 Å². The summed E-state index contributed by atoms with van der Waals surface area (Å²) >= 11 is 6.49. The molecule has 0 spiro atoms. The van der Waals surface area contributed by atoms with E-state index in [2.05, 4.69) is 15.3 Å². The number of hydrogen-bond acceptors (Lipinski definition) is 6. The number of carbonyl (C=O) groups is 3. The number of rotatable bonds is 7. The zero-order valence-corrected chi connectivity index (χ0v) is 23.7. The fourth-order valence-electron chi connectivity index (χ4n) is 5.08. The van der Waals surface area contributed by atoms with Gasteiger partial charge >= 0.3 is 6.03 Å². The number of hydrogen-bond donors (Lipinski definition) is 2. The summed E-state index contributed by atoms with van der Waals surface area (Å²) in [6.45, 7) is 7.66. The van der Waals surface area contributed by atoms with Gasteiger partial charge in [-0.1, -0.05) is 43.1 Å². The molecule has 1 saturated heterocycles. The molecule has 3 atom stereocenters. The Morgan fingerprint density at radius 3 is 2.54 bits per heavy atom. The Labute approximate surface area is 233 Å². The third-order valence-electron chi connectivity index (χ3n) is 7.03. The number of urea groups is 1. The number of likely N-dealkylation sites (tertiary alicyclic amines) is 1. The highest BCUT2D eigenvalue weighted by atomic mass is 35.5. The maximum atomic E-state index is 13.8. The van der Waals surface area contributed by atoms with E-state index < -0.39 is 35.8 Å². The predicted octanol–water partition coefficient (Wildman–Crippen LogP) is 3.81. The van der Waals surface area contributed by atoms with E-state index in [4.69, 9.17) is 17.3 Å². The van der Waals surface area contributed by atoms with Crippen molar-refractivity contribution >= 4 is 41.2 Å². The van der Waals surface area contributed by atoms with Gasteiger partial charge in [-0.2, -0.15) is 0 Å². The molecule has 2 aromatic heterocycles. The molecule has 0 radical (unpaired) electrons. The summed E-state index contributed by atoms with van der Waals surface area (Å²) in [6, 6.07) is 6.95. The molecular formula is C28H34ClN7O3. The molecule has 1 aliphatic heterocycles. The molecule has 39 heavy (non-hydrogen) atoms. The molecule has 3 aromatic rings. The number of nitrogens with one attached hydrogen (secondary N) is 1. The zero-order valence-electron chi connectivity index (χ0n) is 23.0. The number of amides is 4. The number of likely N-dealkylation sites (N-methyl/N-ethyl adjacent to an activating group) is 1. The van der Waals surface area contributed by atoms with E-state index in [1.807, 2.05) is 45.9 Å². The third kappa shape index (κ3) is 5.61. The van der Waals surface area contributed by atoms with E-state index in [0.717, 1.165) is 21.6 Å². The Morgan fingerprint density at radius 1 is 1.21 bits per heavy atom. The van der Waals surface area contributed by atoms with Gasteiger partial charge in [-0.25, -0.2) is 14.8 Å². The number of halogens is 1. The molecule has 3 heterocycles. The van der Waals surface area contributed by atoms with Gasteiger partial charge in [-0.3, -0.25) is 19.4 Å². The molecule has 0 aliphatic carbocycles. The summed E-state index contributed by atoms with van der Waals surface area (Å²) < 4.78 is 1.69. The lowest BCUT2D eigenvalue weighted by Crippen LogP contribution is -2.70. The van der Waals surface area contributed by atoms with Crippen LogP contribution in [-0.2, 0) is 23.1 Å². The maximum absolute atomic E-state index is 13.8. The van der Waals surface area contributed by atoms with Crippen LogP contribution in [0.3, 0.4) is 0 Å². The molecule has 4 amide bonds. The van der Waals surface area contributed by atoms with Crippen LogP contribution in [0.5, 0.6) is 0 Å². The highest BCUT2D eigenvalue weighted by molar-refractivity contribution is 6.31. The Balaban J connectivity index is 1.66. The normalized spacial score (nSPS) is 17.6. The molecule has 10 nitrogen and oxygen atoms in total. The number of nitrogen functional groups attached to an aromatic ring is 1. The van der Waals surface area contributed by atoms with Crippen molar-refractivity contribution in [1.82, 2.24) is 24.8 Å². The van der Waals surface area contributed by atoms with E-state index in [1.165, 1.54) is 4.90 Å².